The molecule has 4 rings (SSSR count). The van der Waals surface area contributed by atoms with Crippen LogP contribution >= 0.6 is 6.34 Å². The lowest BCUT2D eigenvalue weighted by molar-refractivity contribution is 0.0526. The molecule has 0 N–H and O–H groups in total. The van der Waals surface area contributed by atoms with Gasteiger partial charge in [-0.05, 0) is 62.2 Å². The topological polar surface area (TPSA) is 53.1 Å². The summed E-state index contributed by atoms with van der Waals surface area (Å²) in [5, 5.41) is 0.967. The summed E-state index contributed by atoms with van der Waals surface area (Å²) in [6.45, 7) is 3.90. The molecule has 6 nitrogen and oxygen atoms in total. The van der Waals surface area contributed by atoms with Crippen molar-refractivity contribution >= 4 is 46.7 Å². The van der Waals surface area contributed by atoms with Gasteiger partial charge in [-0.2, -0.15) is 0 Å². The van der Waals surface area contributed by atoms with Crippen molar-refractivity contribution in [1.29, 1.82) is 0 Å². The summed E-state index contributed by atoms with van der Waals surface area (Å²) in [7, 11) is 3.93. The number of esters is 1. The minimum absolute atomic E-state index is 0.0588. The summed E-state index contributed by atoms with van der Waals surface area (Å²) in [5.41, 5.74) is 2.87. The molecule has 1 atom stereocenters. The van der Waals surface area contributed by atoms with Crippen molar-refractivity contribution in [2.45, 2.75) is 26.2 Å². The third-order valence-corrected chi connectivity index (χ3v) is 10.8. The Morgan fingerprint density at radius 2 is 1.77 bits per heavy atom. The molecule has 1 unspecified atom stereocenters. The molecule has 0 spiro atoms. The fourth-order valence-electron chi connectivity index (χ4n) is 4.23. The smallest absolute Gasteiger partial charge is 0.338 e. The van der Waals surface area contributed by atoms with E-state index in [1.807, 2.05) is 54.0 Å². The van der Waals surface area contributed by atoms with Gasteiger partial charge in [0.1, 0.15) is 6.34 Å². The predicted octanol–water partition coefficient (Wildman–Crippen LogP) is 4.01. The van der Waals surface area contributed by atoms with E-state index < -0.39 is 6.34 Å². The molecule has 2 aromatic rings. The lowest BCUT2D eigenvalue weighted by Crippen LogP contribution is -2.36. The highest BCUT2D eigenvalue weighted by atomic mass is 32.4. The van der Waals surface area contributed by atoms with Gasteiger partial charge in [0.2, 0.25) is 0 Å². The SMILES string of the molecule is CCOC(=O)c1ccc(N2C(=O)c3cc(N(C)C)ccc3P2(=S)N2CCCCC2)cc1. The average molecular weight is 458 g/mol. The summed E-state index contributed by atoms with van der Waals surface area (Å²) in [5.74, 6) is -0.423. The first-order valence-electron chi connectivity index (χ1n) is 10.7. The highest BCUT2D eigenvalue weighted by Crippen LogP contribution is 2.60. The molecule has 2 aliphatic rings. The highest BCUT2D eigenvalue weighted by molar-refractivity contribution is 8.18. The summed E-state index contributed by atoms with van der Waals surface area (Å²) in [6, 6.07) is 13.1. The van der Waals surface area contributed by atoms with Crippen molar-refractivity contribution in [2.24, 2.45) is 0 Å². The zero-order valence-corrected chi connectivity index (χ0v) is 19.9. The van der Waals surface area contributed by atoms with Crippen LogP contribution in [-0.2, 0) is 16.5 Å². The first kappa shape index (κ1) is 22.0. The number of nitrogens with zero attached hydrogens (tertiary/aromatic N) is 3. The molecule has 1 amide bonds. The predicted molar refractivity (Wildman–Crippen MR) is 129 cm³/mol. The van der Waals surface area contributed by atoms with Crippen LogP contribution in [0.15, 0.2) is 42.5 Å². The highest BCUT2D eigenvalue weighted by Gasteiger charge is 2.47. The molecule has 0 bridgehead atoms. The van der Waals surface area contributed by atoms with E-state index in [9.17, 15) is 9.59 Å². The standard InChI is InChI=1S/C23H28N3O3PS/c1-4-29-23(28)17-8-10-18(11-9-17)26-22(27)20-16-19(24(2)3)12-13-21(20)30(26,31)25-14-6-5-7-15-25/h8-13,16H,4-7,14-15H2,1-3H3. The molecule has 0 radical (unpaired) electrons. The molecule has 0 aliphatic carbocycles. The van der Waals surface area contributed by atoms with E-state index in [2.05, 4.69) is 4.67 Å². The summed E-state index contributed by atoms with van der Waals surface area (Å²) < 4.78 is 9.27. The number of piperidine rings is 1. The molecule has 2 heterocycles. The van der Waals surface area contributed by atoms with Gasteiger partial charge >= 0.3 is 5.97 Å². The monoisotopic (exact) mass is 457 g/mol. The van der Waals surface area contributed by atoms with Crippen LogP contribution in [0, 0.1) is 0 Å². The number of hydrogen-bond acceptors (Lipinski definition) is 5. The van der Waals surface area contributed by atoms with Crippen LogP contribution < -0.4 is 14.9 Å². The van der Waals surface area contributed by atoms with Gasteiger partial charge in [-0.25, -0.2) is 4.79 Å². The lowest BCUT2D eigenvalue weighted by Gasteiger charge is -2.40. The van der Waals surface area contributed by atoms with E-state index in [1.165, 1.54) is 6.42 Å². The van der Waals surface area contributed by atoms with Crippen molar-refractivity contribution in [3.63, 3.8) is 0 Å². The van der Waals surface area contributed by atoms with Crippen molar-refractivity contribution in [2.75, 3.05) is 43.4 Å². The van der Waals surface area contributed by atoms with E-state index in [-0.39, 0.29) is 11.9 Å². The number of ether oxygens (including phenoxy) is 1. The van der Waals surface area contributed by atoms with Gasteiger partial charge in [0.25, 0.3) is 5.91 Å². The number of carbonyl (C=O) groups excluding carboxylic acids is 2. The van der Waals surface area contributed by atoms with Crippen LogP contribution in [0.4, 0.5) is 11.4 Å². The summed E-state index contributed by atoms with van der Waals surface area (Å²) >= 11 is 6.39. The number of amides is 1. The molecule has 1 saturated heterocycles. The third-order valence-electron chi connectivity index (χ3n) is 5.84. The van der Waals surface area contributed by atoms with Crippen molar-refractivity contribution in [3.8, 4) is 0 Å². The number of carbonyl (C=O) groups is 2. The lowest BCUT2D eigenvalue weighted by atomic mass is 10.1. The maximum absolute atomic E-state index is 13.7. The number of fused-ring (bicyclic) bond motifs is 1. The van der Waals surface area contributed by atoms with Crippen molar-refractivity contribution in [3.05, 3.63) is 53.6 Å². The summed E-state index contributed by atoms with van der Waals surface area (Å²) in [4.78, 5) is 27.8. The van der Waals surface area contributed by atoms with Crippen LogP contribution in [0.1, 0.15) is 46.9 Å². The maximum atomic E-state index is 13.7. The minimum Gasteiger partial charge on any atom is -0.462 e. The molecule has 8 heteroatoms. The second-order valence-corrected chi connectivity index (χ2v) is 12.1. The Morgan fingerprint density at radius 1 is 1.10 bits per heavy atom. The van der Waals surface area contributed by atoms with Gasteiger partial charge in [0.15, 0.2) is 0 Å². The van der Waals surface area contributed by atoms with Crippen LogP contribution in [0.2, 0.25) is 0 Å². The Kier molecular flexibility index (Phi) is 6.20. The van der Waals surface area contributed by atoms with Crippen LogP contribution in [0.5, 0.6) is 0 Å². The molecule has 0 saturated carbocycles. The Morgan fingerprint density at radius 3 is 2.39 bits per heavy atom. The fourth-order valence-corrected chi connectivity index (χ4v) is 8.84. The van der Waals surface area contributed by atoms with Crippen LogP contribution in [0.3, 0.4) is 0 Å². The Labute approximate surface area is 188 Å². The van der Waals surface area contributed by atoms with Gasteiger partial charge in [-0.15, -0.1) is 0 Å². The molecule has 1 fully saturated rings. The number of hydrogen-bond donors (Lipinski definition) is 0. The van der Waals surface area contributed by atoms with Gasteiger partial charge < -0.3 is 9.64 Å². The molecule has 0 aromatic heterocycles. The molecule has 2 aliphatic heterocycles. The molecular formula is C23H28N3O3PS. The Hall–Kier alpha value is -2.21. The fraction of sp³-hybridized carbons (Fsp3) is 0.391. The van der Waals surface area contributed by atoms with E-state index in [4.69, 9.17) is 16.5 Å². The first-order valence-corrected chi connectivity index (χ1v) is 13.4. The molecular weight excluding hydrogens is 429 g/mol. The first-order chi connectivity index (χ1) is 14.9. The van der Waals surface area contributed by atoms with Crippen LogP contribution in [-0.4, -0.2) is 50.3 Å². The average Bonchev–Trinajstić information content (AvgIpc) is 3.02. The Balaban J connectivity index is 1.80. The zero-order valence-electron chi connectivity index (χ0n) is 18.2. The largest absolute Gasteiger partial charge is 0.462 e. The number of rotatable bonds is 5. The van der Waals surface area contributed by atoms with Crippen molar-refractivity contribution < 1.29 is 14.3 Å². The molecule has 164 valence electrons. The number of benzene rings is 2. The molecule has 2 aromatic carbocycles. The minimum atomic E-state index is -2.51. The Bertz CT molecular complexity index is 1050. The molecule has 31 heavy (non-hydrogen) atoms. The van der Waals surface area contributed by atoms with E-state index >= 15 is 0 Å². The third kappa shape index (κ3) is 3.79. The van der Waals surface area contributed by atoms with Gasteiger partial charge in [0.05, 0.1) is 23.4 Å². The van der Waals surface area contributed by atoms with Crippen molar-refractivity contribution in [1.82, 2.24) is 4.67 Å². The van der Waals surface area contributed by atoms with Crippen LogP contribution in [0.25, 0.3) is 0 Å². The van der Waals surface area contributed by atoms with Gasteiger partial charge in [-0.1, -0.05) is 18.2 Å². The number of anilines is 2. The second kappa shape index (κ2) is 8.73. The summed E-state index contributed by atoms with van der Waals surface area (Å²) in [6.07, 6.45) is 0.867. The van der Waals surface area contributed by atoms with Gasteiger partial charge in [-0.3, -0.25) is 14.1 Å². The van der Waals surface area contributed by atoms with Gasteiger partial charge in [0, 0.05) is 38.2 Å². The second-order valence-electron chi connectivity index (χ2n) is 8.04. The zero-order chi connectivity index (χ0) is 22.2. The van der Waals surface area contributed by atoms with E-state index in [1.54, 1.807) is 19.1 Å². The van der Waals surface area contributed by atoms with E-state index in [0.717, 1.165) is 42.6 Å². The quantitative estimate of drug-likeness (QED) is 0.500. The maximum Gasteiger partial charge on any atom is 0.338 e. The van der Waals surface area contributed by atoms with E-state index in [0.29, 0.717) is 17.7 Å². The normalized spacial score (nSPS) is 21.1.